The van der Waals surface area contributed by atoms with Crippen molar-refractivity contribution in [3.63, 3.8) is 0 Å². The molecule has 3 heterocycles. The van der Waals surface area contributed by atoms with Gasteiger partial charge in [-0.25, -0.2) is 4.79 Å². The first-order chi connectivity index (χ1) is 15.1. The second-order valence-electron chi connectivity index (χ2n) is 7.30. The number of hydrogen-bond acceptors (Lipinski definition) is 8. The van der Waals surface area contributed by atoms with Gasteiger partial charge in [0.15, 0.2) is 5.82 Å². The average Bonchev–Trinajstić information content (AvgIpc) is 3.33. The molecule has 2 fully saturated rings. The molecule has 11 heteroatoms. The zero-order chi connectivity index (χ0) is 21.6. The van der Waals surface area contributed by atoms with Crippen molar-refractivity contribution in [3.8, 4) is 5.75 Å². The number of morpholine rings is 1. The van der Waals surface area contributed by atoms with Gasteiger partial charge < -0.3 is 29.9 Å². The number of ether oxygens (including phenoxy) is 2. The van der Waals surface area contributed by atoms with Gasteiger partial charge in [0.2, 0.25) is 11.9 Å². The Bertz CT molecular complexity index is 918. The minimum atomic E-state index is -0.406. The number of nitrogens with one attached hydrogen (secondary N) is 2. The van der Waals surface area contributed by atoms with Crippen LogP contribution in [-0.4, -0.2) is 67.5 Å². The fraction of sp³-hybridized carbons (Fsp3) is 0.500. The van der Waals surface area contributed by atoms with Crippen LogP contribution in [-0.2, 0) is 11.3 Å². The molecule has 0 aliphatic carbocycles. The first-order valence-electron chi connectivity index (χ1n) is 10.3. The summed E-state index contributed by atoms with van der Waals surface area (Å²) in [7, 11) is 1.53. The predicted octanol–water partition coefficient (Wildman–Crippen LogP) is 2.29. The van der Waals surface area contributed by atoms with E-state index in [-0.39, 0.29) is 6.54 Å². The van der Waals surface area contributed by atoms with Gasteiger partial charge >= 0.3 is 6.03 Å². The van der Waals surface area contributed by atoms with Crippen LogP contribution in [0, 0.1) is 0 Å². The van der Waals surface area contributed by atoms with Crippen molar-refractivity contribution in [3.05, 3.63) is 29.0 Å². The van der Waals surface area contributed by atoms with E-state index >= 15 is 0 Å². The van der Waals surface area contributed by atoms with Crippen LogP contribution in [0.1, 0.15) is 18.7 Å². The molecule has 2 aliphatic rings. The monoisotopic (exact) mass is 447 g/mol. The maximum Gasteiger partial charge on any atom is 0.319 e. The summed E-state index contributed by atoms with van der Waals surface area (Å²) >= 11 is 6.03. The van der Waals surface area contributed by atoms with Crippen molar-refractivity contribution < 1.29 is 14.3 Å². The number of benzene rings is 1. The van der Waals surface area contributed by atoms with E-state index < -0.39 is 6.03 Å². The molecule has 31 heavy (non-hydrogen) atoms. The molecule has 2 aromatic rings. The molecule has 0 saturated carbocycles. The van der Waals surface area contributed by atoms with E-state index in [0.29, 0.717) is 47.4 Å². The lowest BCUT2D eigenvalue weighted by molar-refractivity contribution is 0.122. The summed E-state index contributed by atoms with van der Waals surface area (Å²) in [5.41, 5.74) is 0.481. The Kier molecular flexibility index (Phi) is 6.88. The number of halogens is 1. The average molecular weight is 448 g/mol. The third-order valence-corrected chi connectivity index (χ3v) is 5.39. The maximum absolute atomic E-state index is 12.5. The van der Waals surface area contributed by atoms with Gasteiger partial charge in [0.05, 0.1) is 32.6 Å². The minimum Gasteiger partial charge on any atom is -0.495 e. The molecule has 1 aromatic carbocycles. The number of anilines is 3. The maximum atomic E-state index is 12.5. The predicted molar refractivity (Wildman–Crippen MR) is 118 cm³/mol. The Labute approximate surface area is 185 Å². The van der Waals surface area contributed by atoms with Gasteiger partial charge in [-0.1, -0.05) is 11.6 Å². The molecule has 2 N–H and O–H groups in total. The molecule has 0 bridgehead atoms. The number of carbonyl (C=O) groups is 1. The lowest BCUT2D eigenvalue weighted by Gasteiger charge is -2.28. The van der Waals surface area contributed by atoms with Crippen molar-refractivity contribution in [2.45, 2.75) is 19.4 Å². The number of carbonyl (C=O) groups excluding carboxylic acids is 1. The molecule has 2 aliphatic heterocycles. The zero-order valence-corrected chi connectivity index (χ0v) is 18.2. The van der Waals surface area contributed by atoms with Crippen LogP contribution in [0.5, 0.6) is 5.75 Å². The van der Waals surface area contributed by atoms with Crippen molar-refractivity contribution >= 4 is 35.2 Å². The van der Waals surface area contributed by atoms with E-state index in [2.05, 4.69) is 35.4 Å². The van der Waals surface area contributed by atoms with Crippen LogP contribution < -0.4 is 25.2 Å². The first kappa shape index (κ1) is 21.4. The summed E-state index contributed by atoms with van der Waals surface area (Å²) in [4.78, 5) is 30.6. The van der Waals surface area contributed by atoms with Crippen LogP contribution in [0.4, 0.5) is 22.4 Å². The van der Waals surface area contributed by atoms with Crippen molar-refractivity contribution in [1.82, 2.24) is 20.3 Å². The van der Waals surface area contributed by atoms with Crippen LogP contribution in [0.15, 0.2) is 18.2 Å². The standard InChI is InChI=1S/C20H26ClN7O3/c1-30-16-5-4-14(21)12-15(16)23-20(29)22-13-17-24-18(27-6-2-3-7-27)26-19(25-17)28-8-10-31-11-9-28/h4-5,12H,2-3,6-11,13H2,1H3,(H2,22,23,29). The summed E-state index contributed by atoms with van der Waals surface area (Å²) in [6, 6.07) is 4.62. The molecule has 0 spiro atoms. The summed E-state index contributed by atoms with van der Waals surface area (Å²) in [6.45, 7) is 4.75. The molecular formula is C20H26ClN7O3. The third-order valence-electron chi connectivity index (χ3n) is 5.16. The van der Waals surface area contributed by atoms with Crippen LogP contribution in [0.3, 0.4) is 0 Å². The second-order valence-corrected chi connectivity index (χ2v) is 7.73. The topological polar surface area (TPSA) is 105 Å². The van der Waals surface area contributed by atoms with Gasteiger partial charge in [-0.2, -0.15) is 15.0 Å². The van der Waals surface area contributed by atoms with E-state index in [9.17, 15) is 4.79 Å². The lowest BCUT2D eigenvalue weighted by atomic mass is 10.3. The van der Waals surface area contributed by atoms with E-state index in [1.807, 2.05) is 0 Å². The molecule has 0 atom stereocenters. The third kappa shape index (κ3) is 5.45. The molecule has 2 amide bonds. The summed E-state index contributed by atoms with van der Waals surface area (Å²) in [6.07, 6.45) is 2.24. The molecule has 4 rings (SSSR count). The first-order valence-corrected chi connectivity index (χ1v) is 10.7. The lowest BCUT2D eigenvalue weighted by Crippen LogP contribution is -2.38. The normalized spacial score (nSPS) is 16.3. The van der Waals surface area contributed by atoms with Crippen LogP contribution in [0.2, 0.25) is 5.02 Å². The van der Waals surface area contributed by atoms with Gasteiger partial charge in [-0.3, -0.25) is 0 Å². The number of methoxy groups -OCH3 is 1. The summed E-state index contributed by atoms with van der Waals surface area (Å²) in [5, 5.41) is 6.05. The van der Waals surface area contributed by atoms with Crippen molar-refractivity contribution in [1.29, 1.82) is 0 Å². The molecular weight excluding hydrogens is 422 g/mol. The van der Waals surface area contributed by atoms with E-state index in [0.717, 1.165) is 39.0 Å². The largest absolute Gasteiger partial charge is 0.495 e. The van der Waals surface area contributed by atoms with E-state index in [1.165, 1.54) is 7.11 Å². The van der Waals surface area contributed by atoms with Crippen molar-refractivity contribution in [2.75, 3.05) is 61.6 Å². The fourth-order valence-corrected chi connectivity index (χ4v) is 3.71. The van der Waals surface area contributed by atoms with E-state index in [4.69, 9.17) is 21.1 Å². The number of nitrogens with zero attached hydrogens (tertiary/aromatic N) is 5. The van der Waals surface area contributed by atoms with Crippen LogP contribution >= 0.6 is 11.6 Å². The smallest absolute Gasteiger partial charge is 0.319 e. The Hall–Kier alpha value is -2.85. The van der Waals surface area contributed by atoms with Gasteiger partial charge in [0.25, 0.3) is 0 Å². The highest BCUT2D eigenvalue weighted by Crippen LogP contribution is 2.27. The summed E-state index contributed by atoms with van der Waals surface area (Å²) < 4.78 is 10.7. The highest BCUT2D eigenvalue weighted by Gasteiger charge is 2.21. The number of rotatable bonds is 6. The SMILES string of the molecule is COc1ccc(Cl)cc1NC(=O)NCc1nc(N2CCCC2)nc(N2CCOCC2)n1. The van der Waals surface area contributed by atoms with E-state index in [1.54, 1.807) is 18.2 Å². The Morgan fingerprint density at radius 3 is 2.45 bits per heavy atom. The van der Waals surface area contributed by atoms with Gasteiger partial charge in [0.1, 0.15) is 5.75 Å². The Balaban J connectivity index is 1.47. The molecule has 0 unspecified atom stereocenters. The van der Waals surface area contributed by atoms with Gasteiger partial charge in [-0.05, 0) is 31.0 Å². The Morgan fingerprint density at radius 2 is 1.77 bits per heavy atom. The minimum absolute atomic E-state index is 0.162. The van der Waals surface area contributed by atoms with Crippen LogP contribution in [0.25, 0.3) is 0 Å². The molecule has 166 valence electrons. The number of hydrogen-bond donors (Lipinski definition) is 2. The zero-order valence-electron chi connectivity index (χ0n) is 17.4. The molecule has 1 aromatic heterocycles. The highest BCUT2D eigenvalue weighted by atomic mass is 35.5. The molecule has 0 radical (unpaired) electrons. The quantitative estimate of drug-likeness (QED) is 0.695. The number of aromatic nitrogens is 3. The molecule has 10 nitrogen and oxygen atoms in total. The molecule has 2 saturated heterocycles. The number of amides is 2. The van der Waals surface area contributed by atoms with Gasteiger partial charge in [-0.15, -0.1) is 0 Å². The highest BCUT2D eigenvalue weighted by molar-refractivity contribution is 6.31. The Morgan fingerprint density at radius 1 is 1.10 bits per heavy atom. The summed E-state index contributed by atoms with van der Waals surface area (Å²) in [5.74, 6) is 2.30. The second kappa shape index (κ2) is 9.97. The number of urea groups is 1. The van der Waals surface area contributed by atoms with Crippen molar-refractivity contribution in [2.24, 2.45) is 0 Å². The fourth-order valence-electron chi connectivity index (χ4n) is 3.54. The van der Waals surface area contributed by atoms with Gasteiger partial charge in [0, 0.05) is 31.2 Å².